The number of aryl methyl sites for hydroxylation is 1. The molecule has 1 aromatic heterocycles. The van der Waals surface area contributed by atoms with Crippen molar-refractivity contribution in [1.29, 1.82) is 0 Å². The highest BCUT2D eigenvalue weighted by atomic mass is 32.1. The number of nitrogens with two attached hydrogens (primary N) is 1. The van der Waals surface area contributed by atoms with E-state index in [0.29, 0.717) is 12.1 Å². The van der Waals surface area contributed by atoms with Crippen LogP contribution in [0.5, 0.6) is 0 Å². The molecule has 2 rings (SSSR count). The van der Waals surface area contributed by atoms with Crippen molar-refractivity contribution < 1.29 is 0 Å². The first-order valence-corrected chi connectivity index (χ1v) is 6.37. The summed E-state index contributed by atoms with van der Waals surface area (Å²) < 4.78 is 0. The minimum Gasteiger partial charge on any atom is -0.328 e. The SMILES string of the molecule is Cc1ncc(CN2CCC(N)CC2C)s1. The molecule has 2 N–H and O–H groups in total. The van der Waals surface area contributed by atoms with Gasteiger partial charge in [0.1, 0.15) is 0 Å². The van der Waals surface area contributed by atoms with E-state index in [0.717, 1.165) is 30.9 Å². The van der Waals surface area contributed by atoms with Crippen LogP contribution >= 0.6 is 11.3 Å². The zero-order chi connectivity index (χ0) is 10.8. The average molecular weight is 225 g/mol. The Bertz CT molecular complexity index is 323. The van der Waals surface area contributed by atoms with Crippen molar-refractivity contribution in [1.82, 2.24) is 9.88 Å². The lowest BCUT2D eigenvalue weighted by atomic mass is 9.99. The van der Waals surface area contributed by atoms with Crippen LogP contribution in [0, 0.1) is 6.92 Å². The molecule has 0 saturated carbocycles. The lowest BCUT2D eigenvalue weighted by Gasteiger charge is -2.35. The van der Waals surface area contributed by atoms with Crippen molar-refractivity contribution in [2.45, 2.75) is 45.3 Å². The number of aromatic nitrogens is 1. The zero-order valence-corrected chi connectivity index (χ0v) is 10.3. The highest BCUT2D eigenvalue weighted by Crippen LogP contribution is 2.21. The van der Waals surface area contributed by atoms with Crippen LogP contribution in [0.4, 0.5) is 0 Å². The van der Waals surface area contributed by atoms with E-state index in [1.54, 1.807) is 11.3 Å². The van der Waals surface area contributed by atoms with E-state index in [4.69, 9.17) is 5.73 Å². The molecule has 1 aliphatic rings. The van der Waals surface area contributed by atoms with Crippen LogP contribution in [0.3, 0.4) is 0 Å². The third kappa shape index (κ3) is 2.77. The van der Waals surface area contributed by atoms with E-state index in [-0.39, 0.29) is 0 Å². The maximum Gasteiger partial charge on any atom is 0.0897 e. The molecule has 1 fully saturated rings. The summed E-state index contributed by atoms with van der Waals surface area (Å²) in [5, 5.41) is 1.16. The largest absolute Gasteiger partial charge is 0.328 e. The van der Waals surface area contributed by atoms with Gasteiger partial charge in [0.25, 0.3) is 0 Å². The molecule has 2 unspecified atom stereocenters. The van der Waals surface area contributed by atoms with Crippen LogP contribution < -0.4 is 5.73 Å². The van der Waals surface area contributed by atoms with Gasteiger partial charge >= 0.3 is 0 Å². The van der Waals surface area contributed by atoms with Crippen LogP contribution in [0.2, 0.25) is 0 Å². The second-order valence-corrected chi connectivity index (χ2v) is 5.77. The van der Waals surface area contributed by atoms with E-state index >= 15 is 0 Å². The maximum absolute atomic E-state index is 5.95. The van der Waals surface area contributed by atoms with Gasteiger partial charge in [-0.2, -0.15) is 0 Å². The Kier molecular flexibility index (Phi) is 3.38. The Morgan fingerprint density at radius 3 is 3.07 bits per heavy atom. The molecule has 0 radical (unpaired) electrons. The minimum atomic E-state index is 0.402. The fourth-order valence-corrected chi connectivity index (χ4v) is 2.99. The summed E-state index contributed by atoms with van der Waals surface area (Å²) in [6.45, 7) is 6.50. The number of rotatable bonds is 2. The first kappa shape index (κ1) is 11.0. The first-order chi connectivity index (χ1) is 7.15. The van der Waals surface area contributed by atoms with Gasteiger partial charge in [-0.1, -0.05) is 0 Å². The van der Waals surface area contributed by atoms with E-state index in [9.17, 15) is 0 Å². The predicted octanol–water partition coefficient (Wildman–Crippen LogP) is 1.76. The van der Waals surface area contributed by atoms with Gasteiger partial charge in [0.15, 0.2) is 0 Å². The van der Waals surface area contributed by atoms with Crippen LogP contribution in [0.15, 0.2) is 6.20 Å². The highest BCUT2D eigenvalue weighted by Gasteiger charge is 2.23. The normalized spacial score (nSPS) is 28.2. The molecule has 15 heavy (non-hydrogen) atoms. The number of hydrogen-bond donors (Lipinski definition) is 1. The van der Waals surface area contributed by atoms with Crippen molar-refractivity contribution in [3.05, 3.63) is 16.1 Å². The fraction of sp³-hybridized carbons (Fsp3) is 0.727. The topological polar surface area (TPSA) is 42.2 Å². The molecule has 84 valence electrons. The molecular weight excluding hydrogens is 206 g/mol. The summed E-state index contributed by atoms with van der Waals surface area (Å²) in [6, 6.07) is 1.01. The molecule has 2 heterocycles. The molecular formula is C11H19N3S. The van der Waals surface area contributed by atoms with E-state index < -0.39 is 0 Å². The number of thiazole rings is 1. The molecule has 1 aromatic rings. The van der Waals surface area contributed by atoms with Gasteiger partial charge < -0.3 is 5.73 Å². The van der Waals surface area contributed by atoms with Gasteiger partial charge in [-0.15, -0.1) is 11.3 Å². The third-order valence-corrected chi connectivity index (χ3v) is 3.98. The summed E-state index contributed by atoms with van der Waals surface area (Å²) in [4.78, 5) is 8.17. The van der Waals surface area contributed by atoms with E-state index in [1.165, 1.54) is 4.88 Å². The smallest absolute Gasteiger partial charge is 0.0897 e. The fourth-order valence-electron chi connectivity index (χ4n) is 2.17. The van der Waals surface area contributed by atoms with Crippen LogP contribution in [0.25, 0.3) is 0 Å². The number of piperidine rings is 1. The number of likely N-dealkylation sites (tertiary alicyclic amines) is 1. The molecule has 0 amide bonds. The van der Waals surface area contributed by atoms with Gasteiger partial charge in [-0.05, 0) is 26.7 Å². The zero-order valence-electron chi connectivity index (χ0n) is 9.44. The molecule has 4 heteroatoms. The van der Waals surface area contributed by atoms with Gasteiger partial charge in [0.2, 0.25) is 0 Å². The second kappa shape index (κ2) is 4.60. The Morgan fingerprint density at radius 1 is 1.67 bits per heavy atom. The summed E-state index contributed by atoms with van der Waals surface area (Å²) in [6.07, 6.45) is 4.25. The van der Waals surface area contributed by atoms with Crippen molar-refractivity contribution in [3.8, 4) is 0 Å². The Balaban J connectivity index is 1.94. The predicted molar refractivity (Wildman–Crippen MR) is 63.9 cm³/mol. The number of hydrogen-bond acceptors (Lipinski definition) is 4. The van der Waals surface area contributed by atoms with Crippen LogP contribution in [0.1, 0.15) is 29.7 Å². The number of nitrogens with zero attached hydrogens (tertiary/aromatic N) is 2. The van der Waals surface area contributed by atoms with E-state index in [1.807, 2.05) is 6.20 Å². The lowest BCUT2D eigenvalue weighted by molar-refractivity contribution is 0.141. The Labute approximate surface area is 95.3 Å². The highest BCUT2D eigenvalue weighted by molar-refractivity contribution is 7.11. The summed E-state index contributed by atoms with van der Waals surface area (Å²) in [5.74, 6) is 0. The second-order valence-electron chi connectivity index (χ2n) is 4.45. The van der Waals surface area contributed by atoms with Crippen molar-refractivity contribution in [3.63, 3.8) is 0 Å². The van der Waals surface area contributed by atoms with Crippen LogP contribution in [-0.4, -0.2) is 28.5 Å². The van der Waals surface area contributed by atoms with Crippen molar-refractivity contribution in [2.75, 3.05) is 6.54 Å². The summed E-state index contributed by atoms with van der Waals surface area (Å²) >= 11 is 1.80. The molecule has 1 saturated heterocycles. The summed E-state index contributed by atoms with van der Waals surface area (Å²) in [7, 11) is 0. The van der Waals surface area contributed by atoms with Crippen molar-refractivity contribution >= 4 is 11.3 Å². The van der Waals surface area contributed by atoms with Gasteiger partial charge in [-0.3, -0.25) is 4.90 Å². The third-order valence-electron chi connectivity index (χ3n) is 3.08. The monoisotopic (exact) mass is 225 g/mol. The average Bonchev–Trinajstić information content (AvgIpc) is 2.56. The van der Waals surface area contributed by atoms with Gasteiger partial charge in [0.05, 0.1) is 5.01 Å². The van der Waals surface area contributed by atoms with Crippen molar-refractivity contribution in [2.24, 2.45) is 5.73 Å². The summed E-state index contributed by atoms with van der Waals surface area (Å²) in [5.41, 5.74) is 5.95. The molecule has 0 bridgehead atoms. The van der Waals surface area contributed by atoms with Gasteiger partial charge in [-0.25, -0.2) is 4.98 Å². The molecule has 0 aliphatic carbocycles. The van der Waals surface area contributed by atoms with Gasteiger partial charge in [0, 0.05) is 36.2 Å². The standard InChI is InChI=1S/C11H19N3S/c1-8-5-10(12)3-4-14(8)7-11-6-13-9(2)15-11/h6,8,10H,3-5,7,12H2,1-2H3. The molecule has 0 aromatic carbocycles. The van der Waals surface area contributed by atoms with Crippen LogP contribution in [-0.2, 0) is 6.54 Å². The Morgan fingerprint density at radius 2 is 2.47 bits per heavy atom. The molecule has 3 nitrogen and oxygen atoms in total. The lowest BCUT2D eigenvalue weighted by Crippen LogP contribution is -2.44. The molecule has 0 spiro atoms. The quantitative estimate of drug-likeness (QED) is 0.834. The first-order valence-electron chi connectivity index (χ1n) is 5.56. The Hall–Kier alpha value is -0.450. The molecule has 1 aliphatic heterocycles. The maximum atomic E-state index is 5.95. The molecule has 2 atom stereocenters. The van der Waals surface area contributed by atoms with E-state index in [2.05, 4.69) is 23.7 Å². The minimum absolute atomic E-state index is 0.402.